The van der Waals surface area contributed by atoms with Gasteiger partial charge in [0.2, 0.25) is 0 Å². The Labute approximate surface area is 130 Å². The van der Waals surface area contributed by atoms with Gasteiger partial charge in [-0.15, -0.1) is 23.1 Å². The van der Waals surface area contributed by atoms with Gasteiger partial charge in [-0.3, -0.25) is 0 Å². The first-order chi connectivity index (χ1) is 10.2. The zero-order valence-electron chi connectivity index (χ0n) is 11.7. The lowest BCUT2D eigenvalue weighted by Gasteiger charge is -2.21. The molecule has 0 spiro atoms. The Morgan fingerprint density at radius 3 is 2.95 bits per heavy atom. The van der Waals surface area contributed by atoms with Crippen LogP contribution in [0.2, 0.25) is 0 Å². The van der Waals surface area contributed by atoms with E-state index >= 15 is 0 Å². The Bertz CT molecular complexity index is 666. The summed E-state index contributed by atoms with van der Waals surface area (Å²) in [7, 11) is 0. The molecule has 1 fully saturated rings. The number of carboxylic acid groups (broad SMARTS) is 1. The molecule has 2 aromatic heterocycles. The van der Waals surface area contributed by atoms with Crippen molar-refractivity contribution in [1.82, 2.24) is 9.97 Å². The third-order valence-corrected chi connectivity index (χ3v) is 6.09. The molecular weight excluding hydrogens is 308 g/mol. The van der Waals surface area contributed by atoms with Gasteiger partial charge in [-0.1, -0.05) is 0 Å². The molecule has 0 aliphatic carbocycles. The highest BCUT2D eigenvalue weighted by atomic mass is 32.2. The molecule has 7 heteroatoms. The summed E-state index contributed by atoms with van der Waals surface area (Å²) in [6.45, 7) is 3.51. The molecule has 112 valence electrons. The second kappa shape index (κ2) is 6.29. The molecule has 0 aromatic carbocycles. The van der Waals surface area contributed by atoms with E-state index in [1.165, 1.54) is 17.7 Å². The van der Waals surface area contributed by atoms with Crippen LogP contribution >= 0.6 is 23.1 Å². The van der Waals surface area contributed by atoms with Gasteiger partial charge in [0.1, 0.15) is 21.1 Å². The molecule has 1 aliphatic rings. The fourth-order valence-corrected chi connectivity index (χ4v) is 4.76. The van der Waals surface area contributed by atoms with Crippen molar-refractivity contribution in [2.45, 2.75) is 24.8 Å². The van der Waals surface area contributed by atoms with Gasteiger partial charge < -0.3 is 9.84 Å². The van der Waals surface area contributed by atoms with E-state index < -0.39 is 5.97 Å². The van der Waals surface area contributed by atoms with Crippen LogP contribution < -0.4 is 0 Å². The number of aryl methyl sites for hydroxylation is 1. The first-order valence-corrected chi connectivity index (χ1v) is 8.65. The van der Waals surface area contributed by atoms with Crippen molar-refractivity contribution in [2.24, 2.45) is 5.92 Å². The van der Waals surface area contributed by atoms with Gasteiger partial charge in [0.05, 0.1) is 0 Å². The summed E-state index contributed by atoms with van der Waals surface area (Å²) in [4.78, 5) is 20.9. The number of hydrogen-bond donors (Lipinski definition) is 1. The Kier molecular flexibility index (Phi) is 4.42. The van der Waals surface area contributed by atoms with Crippen LogP contribution in [0.5, 0.6) is 0 Å². The number of ether oxygens (including phenoxy) is 1. The fraction of sp³-hybridized carbons (Fsp3) is 0.500. The number of hydrogen-bond acceptors (Lipinski definition) is 6. The van der Waals surface area contributed by atoms with E-state index in [4.69, 9.17) is 4.74 Å². The smallest absolute Gasteiger partial charge is 0.346 e. The molecule has 1 saturated heterocycles. The van der Waals surface area contributed by atoms with Gasteiger partial charge in [0.25, 0.3) is 0 Å². The molecule has 0 atom stereocenters. The number of aromatic nitrogens is 2. The standard InChI is InChI=1S/C14H16N2O3S2/c1-8-10-12(20-6-9-2-4-19-5-3-9)15-7-16-13(10)21-11(8)14(17)18/h7,9H,2-6H2,1H3,(H,17,18). The Balaban J connectivity index is 1.86. The number of fused-ring (bicyclic) bond motifs is 1. The van der Waals surface area contributed by atoms with Crippen molar-refractivity contribution < 1.29 is 14.6 Å². The SMILES string of the molecule is Cc1c(C(=O)O)sc2ncnc(SCC3CCOCC3)c12. The monoisotopic (exact) mass is 324 g/mol. The van der Waals surface area contributed by atoms with Crippen LogP contribution in [-0.2, 0) is 4.74 Å². The number of nitrogens with zero attached hydrogens (tertiary/aromatic N) is 2. The third-order valence-electron chi connectivity index (χ3n) is 3.68. The Morgan fingerprint density at radius 2 is 2.24 bits per heavy atom. The fourth-order valence-electron chi connectivity index (χ4n) is 2.46. The Hall–Kier alpha value is -1.18. The van der Waals surface area contributed by atoms with Crippen LogP contribution in [-0.4, -0.2) is 40.0 Å². The van der Waals surface area contributed by atoms with E-state index in [1.54, 1.807) is 11.8 Å². The Morgan fingerprint density at radius 1 is 1.48 bits per heavy atom. The second-order valence-electron chi connectivity index (χ2n) is 5.09. The molecule has 21 heavy (non-hydrogen) atoms. The van der Waals surface area contributed by atoms with E-state index in [9.17, 15) is 9.90 Å². The summed E-state index contributed by atoms with van der Waals surface area (Å²) >= 11 is 2.93. The summed E-state index contributed by atoms with van der Waals surface area (Å²) in [5.41, 5.74) is 0.776. The molecule has 5 nitrogen and oxygen atoms in total. The lowest BCUT2D eigenvalue weighted by molar-refractivity contribution is 0.0701. The first kappa shape index (κ1) is 14.7. The van der Waals surface area contributed by atoms with Crippen LogP contribution in [0.1, 0.15) is 28.1 Å². The summed E-state index contributed by atoms with van der Waals surface area (Å²) in [6, 6.07) is 0. The van der Waals surface area contributed by atoms with E-state index in [2.05, 4.69) is 9.97 Å². The van der Waals surface area contributed by atoms with E-state index in [0.29, 0.717) is 10.8 Å². The van der Waals surface area contributed by atoms with Gasteiger partial charge in [-0.05, 0) is 31.2 Å². The van der Waals surface area contributed by atoms with Gasteiger partial charge >= 0.3 is 5.97 Å². The topological polar surface area (TPSA) is 72.3 Å². The summed E-state index contributed by atoms with van der Waals surface area (Å²) in [6.07, 6.45) is 3.70. The number of carbonyl (C=O) groups is 1. The number of thioether (sulfide) groups is 1. The highest BCUT2D eigenvalue weighted by Gasteiger charge is 2.20. The highest BCUT2D eigenvalue weighted by molar-refractivity contribution is 7.99. The quantitative estimate of drug-likeness (QED) is 0.688. The highest BCUT2D eigenvalue weighted by Crippen LogP contribution is 2.36. The normalized spacial score (nSPS) is 16.4. The predicted octanol–water partition coefficient (Wildman–Crippen LogP) is 3.22. The zero-order chi connectivity index (χ0) is 14.8. The van der Waals surface area contributed by atoms with E-state index in [0.717, 1.165) is 52.6 Å². The second-order valence-corrected chi connectivity index (χ2v) is 7.09. The van der Waals surface area contributed by atoms with Crippen molar-refractivity contribution >= 4 is 39.3 Å². The van der Waals surface area contributed by atoms with Gasteiger partial charge in [0.15, 0.2) is 0 Å². The molecule has 1 N–H and O–H groups in total. The molecule has 0 bridgehead atoms. The van der Waals surface area contributed by atoms with Crippen LogP contribution in [0.25, 0.3) is 10.2 Å². The number of carboxylic acids is 1. The van der Waals surface area contributed by atoms with Crippen molar-refractivity contribution in [2.75, 3.05) is 19.0 Å². The predicted molar refractivity (Wildman–Crippen MR) is 83.4 cm³/mol. The largest absolute Gasteiger partial charge is 0.477 e. The molecule has 3 rings (SSSR count). The third kappa shape index (κ3) is 3.04. The first-order valence-electron chi connectivity index (χ1n) is 6.84. The maximum absolute atomic E-state index is 11.2. The van der Waals surface area contributed by atoms with Gasteiger partial charge in [-0.25, -0.2) is 14.8 Å². The minimum atomic E-state index is -0.893. The minimum Gasteiger partial charge on any atom is -0.477 e. The average Bonchev–Trinajstić information content (AvgIpc) is 2.84. The summed E-state index contributed by atoms with van der Waals surface area (Å²) < 4.78 is 5.37. The lowest BCUT2D eigenvalue weighted by atomic mass is 10.0. The van der Waals surface area contributed by atoms with Crippen LogP contribution in [0.15, 0.2) is 11.4 Å². The van der Waals surface area contributed by atoms with Crippen LogP contribution in [0.4, 0.5) is 0 Å². The molecular formula is C14H16N2O3S2. The number of rotatable bonds is 4. The maximum Gasteiger partial charge on any atom is 0.346 e. The number of thiophene rings is 1. The van der Waals surface area contributed by atoms with Gasteiger partial charge in [0, 0.05) is 24.4 Å². The summed E-state index contributed by atoms with van der Waals surface area (Å²) in [5.74, 6) is 0.746. The van der Waals surface area contributed by atoms with Crippen LogP contribution in [0.3, 0.4) is 0 Å². The molecule has 3 heterocycles. The van der Waals surface area contributed by atoms with Gasteiger partial charge in [-0.2, -0.15) is 0 Å². The number of aromatic carboxylic acids is 1. The maximum atomic E-state index is 11.2. The van der Waals surface area contributed by atoms with Crippen LogP contribution in [0, 0.1) is 12.8 Å². The zero-order valence-corrected chi connectivity index (χ0v) is 13.3. The van der Waals surface area contributed by atoms with Crippen molar-refractivity contribution in [1.29, 1.82) is 0 Å². The van der Waals surface area contributed by atoms with Crippen molar-refractivity contribution in [3.8, 4) is 0 Å². The average molecular weight is 324 g/mol. The molecule has 0 amide bonds. The molecule has 1 aliphatic heterocycles. The van der Waals surface area contributed by atoms with E-state index in [1.807, 2.05) is 6.92 Å². The molecule has 0 radical (unpaired) electrons. The van der Waals surface area contributed by atoms with E-state index in [-0.39, 0.29) is 0 Å². The lowest BCUT2D eigenvalue weighted by Crippen LogP contribution is -2.17. The minimum absolute atomic E-state index is 0.360. The molecule has 2 aromatic rings. The van der Waals surface area contributed by atoms with Crippen molar-refractivity contribution in [3.05, 3.63) is 16.8 Å². The molecule has 0 saturated carbocycles. The summed E-state index contributed by atoms with van der Waals surface area (Å²) in [5, 5.41) is 11.0. The molecule has 0 unspecified atom stereocenters. The van der Waals surface area contributed by atoms with Crippen molar-refractivity contribution in [3.63, 3.8) is 0 Å².